The zero-order chi connectivity index (χ0) is 9.84. The molecule has 0 saturated heterocycles. The molecule has 0 aromatic heterocycles. The summed E-state index contributed by atoms with van der Waals surface area (Å²) in [7, 11) is 0. The molecule has 3 atom stereocenters. The summed E-state index contributed by atoms with van der Waals surface area (Å²) >= 11 is 0. The average molecular weight is 181 g/mol. The number of hydrogen-bond donors (Lipinski definition) is 1. The minimum Gasteiger partial charge on any atom is -0.310 e. The first kappa shape index (κ1) is 10.8. The summed E-state index contributed by atoms with van der Waals surface area (Å²) in [6.45, 7) is 11.8. The molecule has 1 saturated carbocycles. The van der Waals surface area contributed by atoms with E-state index in [1.807, 2.05) is 0 Å². The lowest BCUT2D eigenvalue weighted by atomic mass is 9.92. The van der Waals surface area contributed by atoms with Crippen molar-refractivity contribution in [2.24, 2.45) is 11.8 Å². The Hall–Kier alpha value is -0.300. The van der Waals surface area contributed by atoms with Crippen LogP contribution in [0.15, 0.2) is 12.2 Å². The molecule has 1 aliphatic carbocycles. The van der Waals surface area contributed by atoms with Gasteiger partial charge in [0.25, 0.3) is 0 Å². The molecule has 0 heterocycles. The van der Waals surface area contributed by atoms with Crippen LogP contribution in [0.1, 0.15) is 40.0 Å². The molecule has 0 amide bonds. The molecule has 0 aromatic carbocycles. The van der Waals surface area contributed by atoms with E-state index in [2.05, 4.69) is 32.7 Å². The molecule has 1 heteroatoms. The van der Waals surface area contributed by atoms with E-state index in [1.165, 1.54) is 24.8 Å². The fraction of sp³-hybridized carbons (Fsp3) is 0.833. The van der Waals surface area contributed by atoms with Gasteiger partial charge in [0.05, 0.1) is 0 Å². The van der Waals surface area contributed by atoms with Crippen LogP contribution >= 0.6 is 0 Å². The maximum absolute atomic E-state index is 4.08. The Morgan fingerprint density at radius 2 is 2.23 bits per heavy atom. The van der Waals surface area contributed by atoms with Gasteiger partial charge in [0.1, 0.15) is 0 Å². The highest BCUT2D eigenvalue weighted by molar-refractivity contribution is 5.05. The summed E-state index contributed by atoms with van der Waals surface area (Å²) in [5.74, 6) is 1.76. The number of hydrogen-bond acceptors (Lipinski definition) is 1. The van der Waals surface area contributed by atoms with Crippen LogP contribution in [0.4, 0.5) is 0 Å². The van der Waals surface area contributed by atoms with Gasteiger partial charge < -0.3 is 5.32 Å². The Balaban J connectivity index is 2.49. The lowest BCUT2D eigenvalue weighted by molar-refractivity contribution is 0.395. The maximum Gasteiger partial charge on any atom is 0.0302 e. The Kier molecular flexibility index (Phi) is 3.98. The second kappa shape index (κ2) is 4.80. The number of rotatable bonds is 4. The summed E-state index contributed by atoms with van der Waals surface area (Å²) < 4.78 is 0. The van der Waals surface area contributed by atoms with E-state index >= 15 is 0 Å². The first-order valence-corrected chi connectivity index (χ1v) is 5.54. The molecule has 0 spiro atoms. The third-order valence-corrected chi connectivity index (χ3v) is 3.16. The predicted octanol–water partition coefficient (Wildman–Crippen LogP) is 2.98. The van der Waals surface area contributed by atoms with E-state index in [-0.39, 0.29) is 0 Å². The molecule has 76 valence electrons. The van der Waals surface area contributed by atoms with Crippen LogP contribution in [0.5, 0.6) is 0 Å². The second-order valence-electron chi connectivity index (χ2n) is 4.56. The molecule has 1 aliphatic rings. The van der Waals surface area contributed by atoms with Crippen molar-refractivity contribution in [3.63, 3.8) is 0 Å². The van der Waals surface area contributed by atoms with Crippen molar-refractivity contribution in [1.29, 1.82) is 0 Å². The van der Waals surface area contributed by atoms with Crippen LogP contribution in [-0.2, 0) is 0 Å². The number of likely N-dealkylation sites (N-methyl/N-ethyl adjacent to an activating group) is 1. The smallest absolute Gasteiger partial charge is 0.0302 e. The molecule has 0 aromatic rings. The van der Waals surface area contributed by atoms with E-state index < -0.39 is 0 Å². The highest BCUT2D eigenvalue weighted by Gasteiger charge is 2.28. The van der Waals surface area contributed by atoms with E-state index in [4.69, 9.17) is 0 Å². The van der Waals surface area contributed by atoms with Gasteiger partial charge in [-0.3, -0.25) is 0 Å². The van der Waals surface area contributed by atoms with Crippen LogP contribution in [0.2, 0.25) is 0 Å². The largest absolute Gasteiger partial charge is 0.310 e. The molecule has 0 bridgehead atoms. The van der Waals surface area contributed by atoms with Gasteiger partial charge in [-0.15, -0.1) is 0 Å². The Labute approximate surface area is 82.6 Å². The van der Waals surface area contributed by atoms with Gasteiger partial charge in [-0.25, -0.2) is 0 Å². The van der Waals surface area contributed by atoms with Crippen LogP contribution in [0.3, 0.4) is 0 Å². The number of nitrogens with one attached hydrogen (secondary N) is 1. The third-order valence-electron chi connectivity index (χ3n) is 3.16. The molecule has 0 aliphatic heterocycles. The average Bonchev–Trinajstić information content (AvgIpc) is 2.46. The minimum atomic E-state index is 0.565. The summed E-state index contributed by atoms with van der Waals surface area (Å²) in [5.41, 5.74) is 1.31. The molecule has 1 rings (SSSR count). The molecular formula is C12H23N. The lowest BCUT2D eigenvalue weighted by Gasteiger charge is -2.24. The quantitative estimate of drug-likeness (QED) is 0.657. The van der Waals surface area contributed by atoms with Crippen molar-refractivity contribution < 1.29 is 0 Å². The van der Waals surface area contributed by atoms with E-state index in [0.717, 1.165) is 18.4 Å². The zero-order valence-electron chi connectivity index (χ0n) is 9.27. The summed E-state index contributed by atoms with van der Waals surface area (Å²) in [5, 5.41) is 3.54. The topological polar surface area (TPSA) is 12.0 Å². The van der Waals surface area contributed by atoms with Gasteiger partial charge in [-0.1, -0.05) is 32.4 Å². The molecule has 1 nitrogen and oxygen atoms in total. The van der Waals surface area contributed by atoms with Gasteiger partial charge in [0, 0.05) is 6.04 Å². The Bertz CT molecular complexity index is 174. The van der Waals surface area contributed by atoms with E-state index in [9.17, 15) is 0 Å². The SMILES string of the molecule is C=C(C)C(NCC)C1CCC(C)C1. The van der Waals surface area contributed by atoms with Gasteiger partial charge in [-0.05, 0) is 38.1 Å². The van der Waals surface area contributed by atoms with Crippen LogP contribution in [0.25, 0.3) is 0 Å². The van der Waals surface area contributed by atoms with E-state index in [1.54, 1.807) is 0 Å². The van der Waals surface area contributed by atoms with Crippen molar-refractivity contribution in [1.82, 2.24) is 5.32 Å². The van der Waals surface area contributed by atoms with Crippen molar-refractivity contribution in [2.75, 3.05) is 6.54 Å². The van der Waals surface area contributed by atoms with Crippen LogP contribution < -0.4 is 5.32 Å². The Morgan fingerprint density at radius 1 is 1.54 bits per heavy atom. The monoisotopic (exact) mass is 181 g/mol. The third kappa shape index (κ3) is 2.84. The molecular weight excluding hydrogens is 158 g/mol. The van der Waals surface area contributed by atoms with Crippen molar-refractivity contribution >= 4 is 0 Å². The summed E-state index contributed by atoms with van der Waals surface area (Å²) in [6, 6.07) is 0.565. The molecule has 13 heavy (non-hydrogen) atoms. The van der Waals surface area contributed by atoms with Gasteiger partial charge in [0.2, 0.25) is 0 Å². The zero-order valence-corrected chi connectivity index (χ0v) is 9.27. The van der Waals surface area contributed by atoms with Gasteiger partial charge in [0.15, 0.2) is 0 Å². The van der Waals surface area contributed by atoms with Crippen molar-refractivity contribution in [3.05, 3.63) is 12.2 Å². The van der Waals surface area contributed by atoms with Gasteiger partial charge in [-0.2, -0.15) is 0 Å². The van der Waals surface area contributed by atoms with Crippen molar-refractivity contribution in [2.45, 2.75) is 46.1 Å². The first-order valence-electron chi connectivity index (χ1n) is 5.54. The predicted molar refractivity (Wildman–Crippen MR) is 58.8 cm³/mol. The summed E-state index contributed by atoms with van der Waals surface area (Å²) in [4.78, 5) is 0. The minimum absolute atomic E-state index is 0.565. The lowest BCUT2D eigenvalue weighted by Crippen LogP contribution is -2.35. The van der Waals surface area contributed by atoms with E-state index in [0.29, 0.717) is 6.04 Å². The Morgan fingerprint density at radius 3 is 2.62 bits per heavy atom. The molecule has 0 radical (unpaired) electrons. The normalized spacial score (nSPS) is 30.4. The van der Waals surface area contributed by atoms with Gasteiger partial charge >= 0.3 is 0 Å². The molecule has 1 N–H and O–H groups in total. The fourth-order valence-electron chi connectivity index (χ4n) is 2.52. The maximum atomic E-state index is 4.08. The highest BCUT2D eigenvalue weighted by atomic mass is 14.9. The fourth-order valence-corrected chi connectivity index (χ4v) is 2.52. The standard InChI is InChI=1S/C12H23N/c1-5-13-12(9(2)3)11-7-6-10(4)8-11/h10-13H,2,5-8H2,1,3-4H3. The molecule has 3 unspecified atom stereocenters. The second-order valence-corrected chi connectivity index (χ2v) is 4.56. The first-order chi connectivity index (χ1) is 6.15. The van der Waals surface area contributed by atoms with Crippen LogP contribution in [-0.4, -0.2) is 12.6 Å². The summed E-state index contributed by atoms with van der Waals surface area (Å²) in [6.07, 6.45) is 4.16. The van der Waals surface area contributed by atoms with Crippen molar-refractivity contribution in [3.8, 4) is 0 Å². The van der Waals surface area contributed by atoms with Crippen LogP contribution in [0, 0.1) is 11.8 Å². The molecule has 1 fully saturated rings. The highest BCUT2D eigenvalue weighted by Crippen LogP contribution is 2.34.